The standard InChI is InChI=1S/C18H19N3O2S/c1-11-3-4-17(24-11)14-7-16(15-5-6-20-21(15)10-14)23-12(2)13-8-18(22)19-9-13/h3-7,10,12-13H,8-9H2,1-2H3,(H,19,22). The lowest BCUT2D eigenvalue weighted by atomic mass is 10.0. The number of carbonyl (C=O) groups is 1. The molecule has 0 saturated carbocycles. The van der Waals surface area contributed by atoms with Gasteiger partial charge in [-0.05, 0) is 38.1 Å². The zero-order valence-electron chi connectivity index (χ0n) is 13.7. The van der Waals surface area contributed by atoms with Gasteiger partial charge in [0.05, 0.1) is 6.20 Å². The zero-order chi connectivity index (χ0) is 16.7. The summed E-state index contributed by atoms with van der Waals surface area (Å²) < 4.78 is 8.09. The number of carbonyl (C=O) groups excluding carboxylic acids is 1. The third-order valence-corrected chi connectivity index (χ3v) is 5.53. The maximum atomic E-state index is 11.4. The first-order valence-electron chi connectivity index (χ1n) is 8.08. The number of hydrogen-bond acceptors (Lipinski definition) is 4. The van der Waals surface area contributed by atoms with Crippen molar-refractivity contribution in [2.24, 2.45) is 5.92 Å². The summed E-state index contributed by atoms with van der Waals surface area (Å²) in [5.41, 5.74) is 2.03. The molecule has 0 aliphatic carbocycles. The van der Waals surface area contributed by atoms with Gasteiger partial charge in [-0.1, -0.05) is 0 Å². The molecule has 3 aromatic heterocycles. The summed E-state index contributed by atoms with van der Waals surface area (Å²) in [7, 11) is 0. The van der Waals surface area contributed by atoms with E-state index in [1.165, 1.54) is 9.75 Å². The Kier molecular flexibility index (Phi) is 3.76. The van der Waals surface area contributed by atoms with Gasteiger partial charge < -0.3 is 10.1 Å². The van der Waals surface area contributed by atoms with E-state index < -0.39 is 0 Å². The highest BCUT2D eigenvalue weighted by atomic mass is 32.1. The lowest BCUT2D eigenvalue weighted by molar-refractivity contribution is -0.119. The Morgan fingerprint density at radius 3 is 3.00 bits per heavy atom. The number of pyridine rings is 1. The molecule has 1 saturated heterocycles. The number of amides is 1. The van der Waals surface area contributed by atoms with Crippen LogP contribution >= 0.6 is 11.3 Å². The maximum Gasteiger partial charge on any atom is 0.220 e. The van der Waals surface area contributed by atoms with Crippen molar-refractivity contribution in [3.63, 3.8) is 0 Å². The van der Waals surface area contributed by atoms with Crippen molar-refractivity contribution in [2.75, 3.05) is 6.54 Å². The molecule has 0 spiro atoms. The molecule has 1 fully saturated rings. The van der Waals surface area contributed by atoms with Crippen molar-refractivity contribution in [1.29, 1.82) is 0 Å². The van der Waals surface area contributed by atoms with Gasteiger partial charge in [0.15, 0.2) is 0 Å². The molecule has 3 aromatic rings. The number of nitrogens with zero attached hydrogens (tertiary/aromatic N) is 2. The van der Waals surface area contributed by atoms with Crippen LogP contribution in [0.2, 0.25) is 0 Å². The second kappa shape index (κ2) is 5.94. The van der Waals surface area contributed by atoms with E-state index in [-0.39, 0.29) is 17.9 Å². The normalized spacial score (nSPS) is 18.8. The fourth-order valence-electron chi connectivity index (χ4n) is 3.07. The number of rotatable bonds is 4. The van der Waals surface area contributed by atoms with Gasteiger partial charge in [-0.25, -0.2) is 4.52 Å². The van der Waals surface area contributed by atoms with Crippen molar-refractivity contribution in [3.05, 3.63) is 41.5 Å². The number of thiophene rings is 1. The van der Waals surface area contributed by atoms with Crippen molar-refractivity contribution in [3.8, 4) is 16.2 Å². The van der Waals surface area contributed by atoms with Crippen LogP contribution in [0.1, 0.15) is 18.2 Å². The number of aryl methyl sites for hydroxylation is 1. The Balaban J connectivity index is 1.68. The number of ether oxygens (including phenoxy) is 1. The SMILES string of the molecule is Cc1ccc(-c2cc(OC(C)C3CNC(=O)C3)c3ccnn3c2)s1. The van der Waals surface area contributed by atoms with Crippen LogP contribution in [0, 0.1) is 12.8 Å². The fraction of sp³-hybridized carbons (Fsp3) is 0.333. The van der Waals surface area contributed by atoms with Gasteiger partial charge in [-0.15, -0.1) is 11.3 Å². The van der Waals surface area contributed by atoms with E-state index >= 15 is 0 Å². The second-order valence-electron chi connectivity index (χ2n) is 6.26. The highest BCUT2D eigenvalue weighted by molar-refractivity contribution is 7.15. The van der Waals surface area contributed by atoms with Crippen molar-refractivity contribution in [1.82, 2.24) is 14.9 Å². The molecule has 24 heavy (non-hydrogen) atoms. The average Bonchev–Trinajstić information content (AvgIpc) is 3.27. The number of hydrogen-bond donors (Lipinski definition) is 1. The fourth-order valence-corrected chi connectivity index (χ4v) is 3.92. The minimum absolute atomic E-state index is 0.0389. The largest absolute Gasteiger partial charge is 0.488 e. The van der Waals surface area contributed by atoms with Crippen LogP contribution in [0.3, 0.4) is 0 Å². The van der Waals surface area contributed by atoms with Crippen LogP contribution in [0.5, 0.6) is 5.75 Å². The monoisotopic (exact) mass is 341 g/mol. The molecule has 1 N–H and O–H groups in total. The number of nitrogens with one attached hydrogen (secondary N) is 1. The summed E-state index contributed by atoms with van der Waals surface area (Å²) in [6.07, 6.45) is 4.29. The van der Waals surface area contributed by atoms with Gasteiger partial charge >= 0.3 is 0 Å². The van der Waals surface area contributed by atoms with E-state index in [4.69, 9.17) is 4.74 Å². The van der Waals surface area contributed by atoms with E-state index in [0.717, 1.165) is 16.8 Å². The van der Waals surface area contributed by atoms with E-state index in [1.807, 2.05) is 23.7 Å². The lowest BCUT2D eigenvalue weighted by Crippen LogP contribution is -2.25. The summed E-state index contributed by atoms with van der Waals surface area (Å²) in [6.45, 7) is 4.81. The molecule has 4 rings (SSSR count). The minimum Gasteiger partial charge on any atom is -0.488 e. The van der Waals surface area contributed by atoms with Crippen LogP contribution in [0.25, 0.3) is 16.0 Å². The summed E-state index contributed by atoms with van der Waals surface area (Å²) in [5.74, 6) is 1.11. The first-order valence-corrected chi connectivity index (χ1v) is 8.89. The van der Waals surface area contributed by atoms with Crippen molar-refractivity contribution in [2.45, 2.75) is 26.4 Å². The first kappa shape index (κ1) is 15.2. The molecule has 2 unspecified atom stereocenters. The number of aromatic nitrogens is 2. The van der Waals surface area contributed by atoms with Gasteiger partial charge in [0.25, 0.3) is 0 Å². The smallest absolute Gasteiger partial charge is 0.220 e. The molecule has 2 atom stereocenters. The van der Waals surface area contributed by atoms with Gasteiger partial charge in [0, 0.05) is 40.4 Å². The molecule has 0 aromatic carbocycles. The van der Waals surface area contributed by atoms with Gasteiger partial charge in [-0.2, -0.15) is 5.10 Å². The number of fused-ring (bicyclic) bond motifs is 1. The van der Waals surface area contributed by atoms with E-state index in [1.54, 1.807) is 17.5 Å². The van der Waals surface area contributed by atoms with Crippen LogP contribution < -0.4 is 10.1 Å². The Labute approximate surface area is 144 Å². The first-order chi connectivity index (χ1) is 11.6. The third kappa shape index (κ3) is 2.78. The topological polar surface area (TPSA) is 55.6 Å². The van der Waals surface area contributed by atoms with Gasteiger partial charge in [0.1, 0.15) is 17.4 Å². The van der Waals surface area contributed by atoms with Crippen LogP contribution in [-0.4, -0.2) is 28.2 Å². The molecule has 0 radical (unpaired) electrons. The minimum atomic E-state index is -0.0389. The quantitative estimate of drug-likeness (QED) is 0.792. The molecule has 1 aliphatic rings. The molecule has 4 heterocycles. The van der Waals surface area contributed by atoms with Gasteiger partial charge in [-0.3, -0.25) is 4.79 Å². The summed E-state index contributed by atoms with van der Waals surface area (Å²) in [6, 6.07) is 8.26. The molecule has 6 heteroatoms. The molecule has 124 valence electrons. The summed E-state index contributed by atoms with van der Waals surface area (Å²) in [4.78, 5) is 13.9. The lowest BCUT2D eigenvalue weighted by Gasteiger charge is -2.20. The Morgan fingerprint density at radius 2 is 2.29 bits per heavy atom. The average molecular weight is 341 g/mol. The van der Waals surface area contributed by atoms with E-state index in [9.17, 15) is 4.79 Å². The van der Waals surface area contributed by atoms with Crippen LogP contribution in [0.15, 0.2) is 36.7 Å². The molecule has 0 bridgehead atoms. The highest BCUT2D eigenvalue weighted by Crippen LogP contribution is 2.33. The Hall–Kier alpha value is -2.34. The predicted molar refractivity (Wildman–Crippen MR) is 94.4 cm³/mol. The van der Waals surface area contributed by atoms with Gasteiger partial charge in [0.2, 0.25) is 5.91 Å². The predicted octanol–water partition coefficient (Wildman–Crippen LogP) is 3.27. The maximum absolute atomic E-state index is 11.4. The summed E-state index contributed by atoms with van der Waals surface area (Å²) in [5, 5.41) is 7.24. The third-order valence-electron chi connectivity index (χ3n) is 4.48. The van der Waals surface area contributed by atoms with Crippen LogP contribution in [0.4, 0.5) is 0 Å². The molecule has 1 aliphatic heterocycles. The van der Waals surface area contributed by atoms with Crippen molar-refractivity contribution >= 4 is 22.8 Å². The zero-order valence-corrected chi connectivity index (χ0v) is 14.5. The molecule has 1 amide bonds. The second-order valence-corrected chi connectivity index (χ2v) is 7.54. The van der Waals surface area contributed by atoms with E-state index in [0.29, 0.717) is 13.0 Å². The summed E-state index contributed by atoms with van der Waals surface area (Å²) >= 11 is 1.75. The van der Waals surface area contributed by atoms with Crippen LogP contribution in [-0.2, 0) is 4.79 Å². The highest BCUT2D eigenvalue weighted by Gasteiger charge is 2.28. The Bertz CT molecular complexity index is 899. The molecular formula is C18H19N3O2S. The van der Waals surface area contributed by atoms with E-state index in [2.05, 4.69) is 35.5 Å². The Morgan fingerprint density at radius 1 is 1.42 bits per heavy atom. The molecular weight excluding hydrogens is 322 g/mol. The van der Waals surface area contributed by atoms with Crippen molar-refractivity contribution < 1.29 is 9.53 Å². The molecule has 5 nitrogen and oxygen atoms in total.